The van der Waals surface area contributed by atoms with Crippen LogP contribution in [0.25, 0.3) is 0 Å². The molecule has 1 saturated carbocycles. The van der Waals surface area contributed by atoms with Gasteiger partial charge in [-0.15, -0.1) is 0 Å². The number of hydrogen-bond acceptors (Lipinski definition) is 5. The Morgan fingerprint density at radius 2 is 2.04 bits per heavy atom. The third kappa shape index (κ3) is 4.11. The van der Waals surface area contributed by atoms with Gasteiger partial charge in [0.25, 0.3) is 11.8 Å². The van der Waals surface area contributed by atoms with Crippen molar-refractivity contribution >= 4 is 11.8 Å². The number of hydrogen-bond donors (Lipinski definition) is 1. The van der Waals surface area contributed by atoms with Gasteiger partial charge >= 0.3 is 0 Å². The lowest BCUT2D eigenvalue weighted by Crippen LogP contribution is -2.48. The molecule has 2 aliphatic rings. The van der Waals surface area contributed by atoms with E-state index in [0.29, 0.717) is 25.6 Å². The van der Waals surface area contributed by atoms with E-state index in [1.54, 1.807) is 4.90 Å². The number of amides is 2. The van der Waals surface area contributed by atoms with Crippen LogP contribution in [-0.2, 0) is 4.74 Å². The highest BCUT2D eigenvalue weighted by molar-refractivity contribution is 5.95. The predicted octanol–water partition coefficient (Wildman–Crippen LogP) is 0.561. The first-order valence-electron chi connectivity index (χ1n) is 8.02. The van der Waals surface area contributed by atoms with E-state index >= 15 is 0 Å². The Bertz CT molecular complexity index is 582. The molecule has 0 bridgehead atoms. The Labute approximate surface area is 135 Å². The summed E-state index contributed by atoms with van der Waals surface area (Å²) in [5.41, 5.74) is 5.18. The number of primary amides is 1. The van der Waals surface area contributed by atoms with Crippen molar-refractivity contribution in [3.05, 3.63) is 23.7 Å². The normalized spacial score (nSPS) is 22.0. The molecule has 1 atom stereocenters. The smallest absolute Gasteiger partial charge is 0.289 e. The number of carbonyl (C=O) groups excluding carboxylic acids is 2. The summed E-state index contributed by atoms with van der Waals surface area (Å²) < 4.78 is 11.1. The van der Waals surface area contributed by atoms with E-state index in [0.717, 1.165) is 25.9 Å². The minimum atomic E-state index is -0.671. The van der Waals surface area contributed by atoms with Crippen LogP contribution in [0, 0.1) is 5.92 Å². The fourth-order valence-corrected chi connectivity index (χ4v) is 2.82. The summed E-state index contributed by atoms with van der Waals surface area (Å²) >= 11 is 0. The second kappa shape index (κ2) is 6.72. The molecule has 23 heavy (non-hydrogen) atoms. The van der Waals surface area contributed by atoms with E-state index in [-0.39, 0.29) is 23.5 Å². The second-order valence-electron chi connectivity index (χ2n) is 6.44. The first-order chi connectivity index (χ1) is 11.0. The van der Waals surface area contributed by atoms with Crippen LogP contribution >= 0.6 is 0 Å². The fraction of sp³-hybridized carbons (Fsp3) is 0.625. The van der Waals surface area contributed by atoms with Crippen LogP contribution in [0.15, 0.2) is 16.5 Å². The van der Waals surface area contributed by atoms with Crippen molar-refractivity contribution in [3.63, 3.8) is 0 Å². The molecule has 7 nitrogen and oxygen atoms in total. The number of nitrogens with zero attached hydrogens (tertiary/aromatic N) is 2. The molecular formula is C16H23N3O4. The zero-order valence-electron chi connectivity index (χ0n) is 13.4. The van der Waals surface area contributed by atoms with Crippen molar-refractivity contribution in [3.8, 4) is 0 Å². The van der Waals surface area contributed by atoms with Gasteiger partial charge in [0.15, 0.2) is 11.5 Å². The molecule has 0 spiro atoms. The average molecular weight is 321 g/mol. The van der Waals surface area contributed by atoms with Crippen molar-refractivity contribution in [2.24, 2.45) is 11.7 Å². The van der Waals surface area contributed by atoms with Crippen molar-refractivity contribution in [2.45, 2.75) is 18.9 Å². The highest BCUT2D eigenvalue weighted by atomic mass is 16.5. The van der Waals surface area contributed by atoms with E-state index in [1.807, 2.05) is 7.05 Å². The summed E-state index contributed by atoms with van der Waals surface area (Å²) in [4.78, 5) is 27.8. The standard InChI is InChI=1S/C16H23N3O4/c1-18-6-7-22-12(9-18)10-19(8-11-2-3-11)16(21)14-5-4-13(23-14)15(17)20/h4-5,11-12H,2-3,6-10H2,1H3,(H2,17,20)/t12-/m1/s1. The Hall–Kier alpha value is -1.86. The highest BCUT2D eigenvalue weighted by Gasteiger charge is 2.31. The third-order valence-electron chi connectivity index (χ3n) is 4.29. The van der Waals surface area contributed by atoms with Crippen LogP contribution in [0.3, 0.4) is 0 Å². The number of carbonyl (C=O) groups is 2. The number of furan rings is 1. The van der Waals surface area contributed by atoms with Crippen LogP contribution in [0.1, 0.15) is 34.0 Å². The predicted molar refractivity (Wildman–Crippen MR) is 83.1 cm³/mol. The van der Waals surface area contributed by atoms with Gasteiger partial charge in [0.05, 0.1) is 12.7 Å². The first kappa shape index (κ1) is 16.0. The van der Waals surface area contributed by atoms with Crippen LogP contribution in [0.2, 0.25) is 0 Å². The van der Waals surface area contributed by atoms with Gasteiger partial charge in [0.2, 0.25) is 0 Å². The van der Waals surface area contributed by atoms with E-state index in [4.69, 9.17) is 14.9 Å². The minimum Gasteiger partial charge on any atom is -0.446 e. The summed E-state index contributed by atoms with van der Waals surface area (Å²) in [7, 11) is 2.05. The molecule has 1 saturated heterocycles. The molecule has 1 aliphatic carbocycles. The number of rotatable bonds is 6. The van der Waals surface area contributed by atoms with Gasteiger partial charge in [-0.3, -0.25) is 9.59 Å². The lowest BCUT2D eigenvalue weighted by molar-refractivity contribution is -0.0334. The van der Waals surface area contributed by atoms with Gasteiger partial charge in [-0.05, 0) is 37.9 Å². The van der Waals surface area contributed by atoms with E-state index in [1.165, 1.54) is 12.1 Å². The minimum absolute atomic E-state index is 0.00187. The van der Waals surface area contributed by atoms with Gasteiger partial charge in [-0.2, -0.15) is 0 Å². The van der Waals surface area contributed by atoms with Crippen LogP contribution < -0.4 is 5.73 Å². The summed E-state index contributed by atoms with van der Waals surface area (Å²) in [6, 6.07) is 2.95. The lowest BCUT2D eigenvalue weighted by atomic mass is 10.2. The van der Waals surface area contributed by atoms with Crippen molar-refractivity contribution in [1.29, 1.82) is 0 Å². The van der Waals surface area contributed by atoms with E-state index in [2.05, 4.69) is 4.90 Å². The molecule has 1 aliphatic heterocycles. The Balaban J connectivity index is 1.69. The molecular weight excluding hydrogens is 298 g/mol. The number of nitrogens with two attached hydrogens (primary N) is 1. The van der Waals surface area contributed by atoms with Gasteiger partial charge in [-0.1, -0.05) is 0 Å². The van der Waals surface area contributed by atoms with Crippen LogP contribution in [0.4, 0.5) is 0 Å². The van der Waals surface area contributed by atoms with E-state index < -0.39 is 5.91 Å². The highest BCUT2D eigenvalue weighted by Crippen LogP contribution is 2.30. The van der Waals surface area contributed by atoms with Crippen molar-refractivity contribution in [2.75, 3.05) is 39.8 Å². The SMILES string of the molecule is CN1CCO[C@@H](CN(CC2CC2)C(=O)c2ccc(C(N)=O)o2)C1. The topological polar surface area (TPSA) is 89.0 Å². The van der Waals surface area contributed by atoms with Gasteiger partial charge < -0.3 is 24.7 Å². The van der Waals surface area contributed by atoms with Crippen LogP contribution in [-0.4, -0.2) is 67.6 Å². The molecule has 1 aromatic rings. The fourth-order valence-electron chi connectivity index (χ4n) is 2.82. The molecule has 3 rings (SSSR count). The van der Waals surface area contributed by atoms with Crippen LogP contribution in [0.5, 0.6) is 0 Å². The zero-order chi connectivity index (χ0) is 16.4. The molecule has 0 aromatic carbocycles. The maximum absolute atomic E-state index is 12.7. The van der Waals surface area contributed by atoms with Gasteiger partial charge in [-0.25, -0.2) is 0 Å². The molecule has 7 heteroatoms. The average Bonchev–Trinajstić information content (AvgIpc) is 3.18. The number of ether oxygens (including phenoxy) is 1. The van der Waals surface area contributed by atoms with Gasteiger partial charge in [0.1, 0.15) is 0 Å². The maximum atomic E-state index is 12.7. The largest absolute Gasteiger partial charge is 0.446 e. The Kier molecular flexibility index (Phi) is 4.68. The summed E-state index contributed by atoms with van der Waals surface area (Å²) in [5.74, 6) is -0.154. The number of morpholine rings is 1. The molecule has 2 amide bonds. The maximum Gasteiger partial charge on any atom is 0.289 e. The zero-order valence-corrected chi connectivity index (χ0v) is 13.4. The number of likely N-dealkylation sites (N-methyl/N-ethyl adjacent to an activating group) is 1. The molecule has 126 valence electrons. The van der Waals surface area contributed by atoms with Crippen molar-refractivity contribution < 1.29 is 18.7 Å². The van der Waals surface area contributed by atoms with Crippen molar-refractivity contribution in [1.82, 2.24) is 9.80 Å². The molecule has 1 aromatic heterocycles. The second-order valence-corrected chi connectivity index (χ2v) is 6.44. The summed E-state index contributed by atoms with van der Waals surface area (Å²) in [5, 5.41) is 0. The Morgan fingerprint density at radius 3 is 2.65 bits per heavy atom. The summed E-state index contributed by atoms with van der Waals surface area (Å²) in [6.45, 7) is 3.63. The molecule has 2 heterocycles. The quantitative estimate of drug-likeness (QED) is 0.827. The lowest BCUT2D eigenvalue weighted by Gasteiger charge is -2.33. The molecule has 0 radical (unpaired) electrons. The molecule has 2 fully saturated rings. The summed E-state index contributed by atoms with van der Waals surface area (Å²) in [6.07, 6.45) is 2.31. The first-order valence-corrected chi connectivity index (χ1v) is 8.02. The molecule has 2 N–H and O–H groups in total. The monoisotopic (exact) mass is 321 g/mol. The third-order valence-corrected chi connectivity index (χ3v) is 4.29. The van der Waals surface area contributed by atoms with Gasteiger partial charge in [0, 0.05) is 26.2 Å². The molecule has 0 unspecified atom stereocenters. The Morgan fingerprint density at radius 1 is 1.30 bits per heavy atom. The van der Waals surface area contributed by atoms with E-state index in [9.17, 15) is 9.59 Å².